The molecule has 0 radical (unpaired) electrons. The molecule has 3 aliphatic rings. The molecular formula is C51H52N4O13S. The summed E-state index contributed by atoms with van der Waals surface area (Å²) >= 11 is 1.22. The fourth-order valence-corrected chi connectivity index (χ4v) is 9.77. The molecule has 69 heavy (non-hydrogen) atoms. The number of hydrogen-bond donors (Lipinski definition) is 1. The first-order valence-corrected chi connectivity index (χ1v) is 23.2. The molecule has 0 aromatic heterocycles. The summed E-state index contributed by atoms with van der Waals surface area (Å²) in [5.41, 5.74) is 11.8. The van der Waals surface area contributed by atoms with Crippen molar-refractivity contribution in [2.45, 2.75) is 92.1 Å². The number of carbonyl (C=O) groups is 3. The number of fused-ring (bicyclic) bond motifs is 1. The average molecular weight is 961 g/mol. The van der Waals surface area contributed by atoms with E-state index < -0.39 is 84.8 Å². The Morgan fingerprint density at radius 3 is 1.81 bits per heavy atom. The van der Waals surface area contributed by atoms with E-state index >= 15 is 0 Å². The Bertz CT molecular complexity index is 2520. The molecule has 0 unspecified atom stereocenters. The Hall–Kier alpha value is -6.31. The number of azide groups is 1. The van der Waals surface area contributed by atoms with Gasteiger partial charge in [0.25, 0.3) is 11.8 Å². The van der Waals surface area contributed by atoms with Gasteiger partial charge in [-0.05, 0) is 70.8 Å². The third-order valence-electron chi connectivity index (χ3n) is 11.9. The maximum atomic E-state index is 14.5. The molecule has 3 aliphatic heterocycles. The average Bonchev–Trinajstić information content (AvgIpc) is 3.62. The highest BCUT2D eigenvalue weighted by Crippen LogP contribution is 2.42. The van der Waals surface area contributed by atoms with E-state index in [9.17, 15) is 25.0 Å². The van der Waals surface area contributed by atoms with Crippen LogP contribution in [0.4, 0.5) is 0 Å². The SMILES string of the molecule is COc1ccc(COC[C@H]2O[C@@H](Sc3ccccc3)[C@H](N3C(=O)c4ccccc4C3=O)[C@@H](OC(C)=O)[C@@H]2O[C@@H]2O[C@H](CO)[C@@H](OCc3ccc(OC)cc3)[C@H](OCc3ccccc3)[C@H]2N=[N+]=[N-])cc1. The monoisotopic (exact) mass is 960 g/mol. The fourth-order valence-electron chi connectivity index (χ4n) is 8.57. The molecule has 2 fully saturated rings. The fraction of sp³-hybridized carbons (Fsp3) is 0.353. The van der Waals surface area contributed by atoms with Gasteiger partial charge in [0.2, 0.25) is 0 Å². The smallest absolute Gasteiger partial charge is 0.303 e. The van der Waals surface area contributed by atoms with Gasteiger partial charge >= 0.3 is 5.97 Å². The Kier molecular flexibility index (Phi) is 16.6. The Morgan fingerprint density at radius 1 is 0.696 bits per heavy atom. The predicted molar refractivity (Wildman–Crippen MR) is 250 cm³/mol. The van der Waals surface area contributed by atoms with Crippen molar-refractivity contribution in [2.24, 2.45) is 5.11 Å². The molecule has 360 valence electrons. The van der Waals surface area contributed by atoms with Crippen molar-refractivity contribution < 1.29 is 62.1 Å². The molecule has 10 atom stereocenters. The van der Waals surface area contributed by atoms with Crippen LogP contribution in [0.2, 0.25) is 0 Å². The molecule has 8 rings (SSSR count). The normalized spacial score (nSPS) is 25.4. The lowest BCUT2D eigenvalue weighted by atomic mass is 9.94. The number of thioether (sulfide) groups is 1. The molecule has 18 heteroatoms. The second-order valence-electron chi connectivity index (χ2n) is 16.3. The molecule has 2 amide bonds. The first kappa shape index (κ1) is 49.1. The zero-order valence-electron chi connectivity index (χ0n) is 38.1. The molecule has 2 saturated heterocycles. The van der Waals surface area contributed by atoms with E-state index in [0.717, 1.165) is 26.5 Å². The van der Waals surface area contributed by atoms with Crippen molar-refractivity contribution in [3.05, 3.63) is 172 Å². The lowest BCUT2D eigenvalue weighted by molar-refractivity contribution is -0.320. The number of esters is 1. The minimum Gasteiger partial charge on any atom is -0.497 e. The molecule has 0 bridgehead atoms. The van der Waals surface area contributed by atoms with E-state index in [0.29, 0.717) is 11.5 Å². The summed E-state index contributed by atoms with van der Waals surface area (Å²) in [4.78, 5) is 47.3. The van der Waals surface area contributed by atoms with Crippen molar-refractivity contribution in [3.63, 3.8) is 0 Å². The topological polar surface area (TPSA) is 207 Å². The number of amides is 2. The molecule has 0 spiro atoms. The second-order valence-corrected chi connectivity index (χ2v) is 17.5. The third kappa shape index (κ3) is 11.6. The van der Waals surface area contributed by atoms with Crippen LogP contribution >= 0.6 is 11.8 Å². The summed E-state index contributed by atoms with van der Waals surface area (Å²) in [6.07, 6.45) is -8.72. The molecular weight excluding hydrogens is 909 g/mol. The van der Waals surface area contributed by atoms with Crippen LogP contribution in [0.25, 0.3) is 10.4 Å². The van der Waals surface area contributed by atoms with Gasteiger partial charge in [-0.25, -0.2) is 0 Å². The highest BCUT2D eigenvalue weighted by Gasteiger charge is 2.58. The summed E-state index contributed by atoms with van der Waals surface area (Å²) in [5, 5.41) is 15.2. The van der Waals surface area contributed by atoms with Gasteiger partial charge in [-0.2, -0.15) is 0 Å². The van der Waals surface area contributed by atoms with Crippen molar-refractivity contribution in [2.75, 3.05) is 27.4 Å². The molecule has 1 N–H and O–H groups in total. The first-order chi connectivity index (χ1) is 33.7. The number of rotatable bonds is 20. The summed E-state index contributed by atoms with van der Waals surface area (Å²) < 4.78 is 56.7. The van der Waals surface area contributed by atoms with Crippen LogP contribution in [0.3, 0.4) is 0 Å². The number of aliphatic hydroxyl groups is 1. The molecule has 3 heterocycles. The van der Waals surface area contributed by atoms with Gasteiger partial charge in [-0.1, -0.05) is 102 Å². The van der Waals surface area contributed by atoms with Gasteiger partial charge in [0.15, 0.2) is 12.4 Å². The summed E-state index contributed by atoms with van der Waals surface area (Å²) in [5.74, 6) is -0.687. The van der Waals surface area contributed by atoms with E-state index in [1.165, 1.54) is 18.7 Å². The molecule has 17 nitrogen and oxygen atoms in total. The van der Waals surface area contributed by atoms with Crippen molar-refractivity contribution in [1.82, 2.24) is 4.90 Å². The van der Waals surface area contributed by atoms with Gasteiger partial charge in [0.1, 0.15) is 59.5 Å². The largest absolute Gasteiger partial charge is 0.497 e. The van der Waals surface area contributed by atoms with Gasteiger partial charge in [-0.3, -0.25) is 19.3 Å². The van der Waals surface area contributed by atoms with Gasteiger partial charge in [0.05, 0.1) is 58.4 Å². The minimum atomic E-state index is -1.53. The van der Waals surface area contributed by atoms with E-state index in [-0.39, 0.29) is 37.6 Å². The third-order valence-corrected chi connectivity index (χ3v) is 13.1. The number of imide groups is 1. The van der Waals surface area contributed by atoms with Crippen molar-refractivity contribution in [3.8, 4) is 11.5 Å². The Labute approximate surface area is 403 Å². The van der Waals surface area contributed by atoms with Crippen LogP contribution in [-0.2, 0) is 57.8 Å². The Morgan fingerprint density at radius 2 is 1.25 bits per heavy atom. The lowest BCUT2D eigenvalue weighted by Gasteiger charge is -2.50. The molecule has 5 aromatic rings. The number of methoxy groups -OCH3 is 2. The van der Waals surface area contributed by atoms with Crippen LogP contribution in [0, 0.1) is 0 Å². The number of benzene rings is 5. The second kappa shape index (κ2) is 23.3. The molecule has 0 saturated carbocycles. The van der Waals surface area contributed by atoms with E-state index in [1.807, 2.05) is 84.9 Å². The standard InChI is InChI=1S/C51H52N4O13S/c1-31(57)65-47-43(55-48(58)38-16-10-11-17-39(38)49(55)59)51(69-37-14-8-5-9-15-37)67-41(30-62-27-33-18-22-35(60-2)23-19-33)45(47)68-50-42(53-54-52)46(64-28-32-12-6-4-7-13-32)44(40(26-56)66-50)63-29-34-20-24-36(61-3)25-21-34/h4-25,40-47,50-51,56H,26-30H2,1-3H3/t40-,41-,42-,43-,44-,45-,46-,47-,50+,51+/m1/s1. The number of aliphatic hydroxyl groups excluding tert-OH is 1. The molecule has 5 aromatic carbocycles. The molecule has 0 aliphatic carbocycles. The van der Waals surface area contributed by atoms with Crippen LogP contribution in [0.1, 0.15) is 44.3 Å². The summed E-state index contributed by atoms with van der Waals surface area (Å²) in [6, 6.07) is 36.9. The van der Waals surface area contributed by atoms with Crippen LogP contribution in [0.15, 0.2) is 143 Å². The van der Waals surface area contributed by atoms with Crippen LogP contribution in [0.5, 0.6) is 11.5 Å². The van der Waals surface area contributed by atoms with Crippen molar-refractivity contribution in [1.29, 1.82) is 0 Å². The Balaban J connectivity index is 1.19. The van der Waals surface area contributed by atoms with Crippen LogP contribution < -0.4 is 9.47 Å². The van der Waals surface area contributed by atoms with E-state index in [2.05, 4.69) is 10.0 Å². The highest BCUT2D eigenvalue weighted by atomic mass is 32.2. The first-order valence-electron chi connectivity index (χ1n) is 22.3. The maximum absolute atomic E-state index is 14.5. The predicted octanol–water partition coefficient (Wildman–Crippen LogP) is 7.29. The maximum Gasteiger partial charge on any atom is 0.303 e. The number of nitrogens with zero attached hydrogens (tertiary/aromatic N) is 4. The summed E-state index contributed by atoms with van der Waals surface area (Å²) in [7, 11) is 3.14. The van der Waals surface area contributed by atoms with Gasteiger partial charge < -0.3 is 47.7 Å². The zero-order valence-corrected chi connectivity index (χ0v) is 38.9. The highest BCUT2D eigenvalue weighted by molar-refractivity contribution is 7.99. The van der Waals surface area contributed by atoms with Gasteiger partial charge in [0, 0.05) is 16.7 Å². The summed E-state index contributed by atoms with van der Waals surface area (Å²) in [6.45, 7) is 0.664. The van der Waals surface area contributed by atoms with E-state index in [1.54, 1.807) is 62.8 Å². The quantitative estimate of drug-likeness (QED) is 0.0268. The number of hydrogen-bond acceptors (Lipinski definition) is 15. The zero-order chi connectivity index (χ0) is 48.3. The minimum absolute atomic E-state index is 0.0425. The lowest BCUT2D eigenvalue weighted by Crippen LogP contribution is -2.68. The van der Waals surface area contributed by atoms with Crippen molar-refractivity contribution >= 4 is 29.5 Å². The van der Waals surface area contributed by atoms with E-state index in [4.69, 9.17) is 42.6 Å². The number of carbonyl (C=O) groups excluding carboxylic acids is 3. The number of ether oxygens (including phenoxy) is 9. The van der Waals surface area contributed by atoms with Gasteiger partial charge in [-0.15, -0.1) is 0 Å². The van der Waals surface area contributed by atoms with Crippen LogP contribution in [-0.4, -0.2) is 116 Å².